The van der Waals surface area contributed by atoms with Crippen LogP contribution >= 0.6 is 0 Å². The first-order chi connectivity index (χ1) is 25.1. The van der Waals surface area contributed by atoms with E-state index in [1.165, 1.54) is 31.4 Å². The molecule has 1 fully saturated rings. The van der Waals surface area contributed by atoms with E-state index in [0.29, 0.717) is 30.5 Å². The van der Waals surface area contributed by atoms with Gasteiger partial charge in [0, 0.05) is 18.1 Å². The number of rotatable bonds is 16. The lowest BCUT2D eigenvalue weighted by molar-refractivity contribution is -0.757. The SMILES string of the molecule is COc1cc(/C=C/C(=O)OCCCCO[N+](=O)[O-])ccc1OC(=O)CCC1CCC(c2cc(F)ccc2F)(S(=O)(=O)c2ccc(C(F)(F)F)cc2)CC1. The van der Waals surface area contributed by atoms with Gasteiger partial charge in [0.2, 0.25) is 0 Å². The van der Waals surface area contributed by atoms with Crippen LogP contribution in [-0.4, -0.2) is 45.8 Å². The first-order valence-corrected chi connectivity index (χ1v) is 17.9. The molecule has 1 saturated carbocycles. The number of alkyl halides is 3. The number of sulfone groups is 1. The molecule has 0 heterocycles. The topological polar surface area (TPSA) is 148 Å². The molecule has 0 radical (unpaired) electrons. The maximum absolute atomic E-state index is 15.2. The van der Waals surface area contributed by atoms with E-state index in [2.05, 4.69) is 4.84 Å². The predicted molar refractivity (Wildman–Crippen MR) is 179 cm³/mol. The maximum Gasteiger partial charge on any atom is 0.416 e. The molecular formula is C36H36F5NO10S. The Morgan fingerprint density at radius 3 is 2.28 bits per heavy atom. The molecule has 11 nitrogen and oxygen atoms in total. The zero-order valence-corrected chi connectivity index (χ0v) is 29.2. The van der Waals surface area contributed by atoms with Crippen molar-refractivity contribution in [2.24, 2.45) is 5.92 Å². The second-order valence-electron chi connectivity index (χ2n) is 12.3. The lowest BCUT2D eigenvalue weighted by Gasteiger charge is -2.40. The molecule has 286 valence electrons. The van der Waals surface area contributed by atoms with Crippen LogP contribution in [0.1, 0.15) is 68.1 Å². The van der Waals surface area contributed by atoms with Crippen LogP contribution in [0.15, 0.2) is 71.6 Å². The Hall–Kier alpha value is -5.06. The molecule has 3 aromatic carbocycles. The summed E-state index contributed by atoms with van der Waals surface area (Å²) in [5.74, 6) is -3.03. The first kappa shape index (κ1) is 40.7. The zero-order chi connectivity index (χ0) is 38.8. The van der Waals surface area contributed by atoms with Gasteiger partial charge in [-0.1, -0.05) is 6.07 Å². The molecular weight excluding hydrogens is 733 g/mol. The standard InChI is InChI=1S/C36H36F5NO10S/c1-49-32-22-25(6-14-33(43)50-20-2-3-21-51-42(45)46)4-13-31(32)52-34(44)15-5-24-16-18-35(19-17-24,29-23-27(37)9-12-30(29)38)53(47,48)28-10-7-26(8-11-28)36(39,40)41/h4,6-14,22-24H,2-3,5,15-21H2,1H3/b14-6+. The highest BCUT2D eigenvalue weighted by Crippen LogP contribution is 2.50. The van der Waals surface area contributed by atoms with Gasteiger partial charge in [0.1, 0.15) is 16.4 Å². The molecule has 17 heteroatoms. The summed E-state index contributed by atoms with van der Waals surface area (Å²) in [7, 11) is -3.18. The average Bonchev–Trinajstić information content (AvgIpc) is 3.12. The highest BCUT2D eigenvalue weighted by Gasteiger charge is 2.50. The van der Waals surface area contributed by atoms with E-state index in [0.717, 1.165) is 30.3 Å². The molecule has 1 aliphatic carbocycles. The number of esters is 2. The number of carbonyl (C=O) groups is 2. The summed E-state index contributed by atoms with van der Waals surface area (Å²) in [6, 6.07) is 9.90. The number of methoxy groups -OCH3 is 1. The van der Waals surface area contributed by atoms with Crippen LogP contribution in [0.3, 0.4) is 0 Å². The second kappa shape index (κ2) is 17.6. The van der Waals surface area contributed by atoms with Crippen molar-refractivity contribution in [2.75, 3.05) is 20.3 Å². The highest BCUT2D eigenvalue weighted by atomic mass is 32.2. The van der Waals surface area contributed by atoms with E-state index in [9.17, 15) is 45.7 Å². The van der Waals surface area contributed by atoms with Crippen molar-refractivity contribution < 1.29 is 64.1 Å². The first-order valence-electron chi connectivity index (χ1n) is 16.4. The Morgan fingerprint density at radius 1 is 0.962 bits per heavy atom. The predicted octanol–water partition coefficient (Wildman–Crippen LogP) is 7.78. The number of hydrogen-bond donors (Lipinski definition) is 0. The fourth-order valence-electron chi connectivity index (χ4n) is 6.11. The molecule has 0 spiro atoms. The average molecular weight is 770 g/mol. The molecule has 0 saturated heterocycles. The fourth-order valence-corrected chi connectivity index (χ4v) is 8.27. The van der Waals surface area contributed by atoms with Crippen LogP contribution < -0.4 is 9.47 Å². The van der Waals surface area contributed by atoms with Gasteiger partial charge in [-0.05, 0) is 117 Å². The molecule has 53 heavy (non-hydrogen) atoms. The molecule has 1 aliphatic rings. The van der Waals surface area contributed by atoms with Gasteiger partial charge in [0.15, 0.2) is 21.3 Å². The third-order valence-electron chi connectivity index (χ3n) is 8.90. The fraction of sp³-hybridized carbons (Fsp3) is 0.389. The minimum Gasteiger partial charge on any atom is -0.493 e. The third kappa shape index (κ3) is 10.5. The van der Waals surface area contributed by atoms with E-state index in [1.54, 1.807) is 6.07 Å². The van der Waals surface area contributed by atoms with Gasteiger partial charge in [-0.25, -0.2) is 22.0 Å². The van der Waals surface area contributed by atoms with Gasteiger partial charge in [0.05, 0.1) is 30.8 Å². The molecule has 0 unspecified atom stereocenters. The third-order valence-corrected chi connectivity index (χ3v) is 11.4. The van der Waals surface area contributed by atoms with Crippen molar-refractivity contribution in [1.82, 2.24) is 0 Å². The number of ether oxygens (including phenoxy) is 3. The minimum atomic E-state index is -4.71. The number of halogens is 5. The van der Waals surface area contributed by atoms with Crippen LogP contribution in [-0.2, 0) is 39.9 Å². The minimum absolute atomic E-state index is 0.0393. The van der Waals surface area contributed by atoms with Crippen molar-refractivity contribution in [3.05, 3.63) is 105 Å². The summed E-state index contributed by atoms with van der Waals surface area (Å²) in [4.78, 5) is 38.7. The Bertz CT molecular complexity index is 1910. The van der Waals surface area contributed by atoms with Gasteiger partial charge in [-0.2, -0.15) is 13.2 Å². The Labute approximate surface area is 301 Å². The molecule has 4 rings (SSSR count). The Balaban J connectivity index is 1.37. The van der Waals surface area contributed by atoms with Crippen molar-refractivity contribution in [2.45, 2.75) is 67.2 Å². The summed E-state index contributed by atoms with van der Waals surface area (Å²) in [6.07, 6.45) is -1.18. The number of nitrogens with zero attached hydrogens (tertiary/aromatic N) is 1. The van der Waals surface area contributed by atoms with Crippen LogP contribution in [0.2, 0.25) is 0 Å². The number of hydrogen-bond acceptors (Lipinski definition) is 10. The van der Waals surface area contributed by atoms with Gasteiger partial charge >= 0.3 is 18.1 Å². The van der Waals surface area contributed by atoms with Crippen LogP contribution in [0, 0.1) is 27.7 Å². The molecule has 0 amide bonds. The molecule has 0 aliphatic heterocycles. The van der Waals surface area contributed by atoms with Crippen LogP contribution in [0.4, 0.5) is 22.0 Å². The van der Waals surface area contributed by atoms with E-state index >= 15 is 4.39 Å². The normalized spacial score (nSPS) is 17.7. The summed E-state index contributed by atoms with van der Waals surface area (Å²) >= 11 is 0. The number of benzene rings is 3. The maximum atomic E-state index is 15.2. The Kier molecular flexibility index (Phi) is 13.5. The highest BCUT2D eigenvalue weighted by molar-refractivity contribution is 7.92. The van der Waals surface area contributed by atoms with Crippen molar-refractivity contribution in [1.29, 1.82) is 0 Å². The van der Waals surface area contributed by atoms with Crippen LogP contribution in [0.25, 0.3) is 6.08 Å². The van der Waals surface area contributed by atoms with E-state index in [4.69, 9.17) is 14.2 Å². The summed E-state index contributed by atoms with van der Waals surface area (Å²) in [5.41, 5.74) is -0.948. The summed E-state index contributed by atoms with van der Waals surface area (Å²) in [6.45, 7) is -0.0697. The van der Waals surface area contributed by atoms with Gasteiger partial charge < -0.3 is 19.0 Å². The lowest BCUT2D eigenvalue weighted by atomic mass is 9.76. The molecule has 0 aromatic heterocycles. The molecule has 3 aromatic rings. The summed E-state index contributed by atoms with van der Waals surface area (Å²) < 4.78 is 111. The van der Waals surface area contributed by atoms with Gasteiger partial charge in [-0.15, -0.1) is 10.1 Å². The van der Waals surface area contributed by atoms with Crippen molar-refractivity contribution in [3.8, 4) is 11.5 Å². The van der Waals surface area contributed by atoms with Crippen molar-refractivity contribution >= 4 is 27.9 Å². The van der Waals surface area contributed by atoms with Gasteiger partial charge in [0.25, 0.3) is 5.09 Å². The second-order valence-corrected chi connectivity index (χ2v) is 14.5. The van der Waals surface area contributed by atoms with E-state index < -0.39 is 65.4 Å². The van der Waals surface area contributed by atoms with Crippen molar-refractivity contribution in [3.63, 3.8) is 0 Å². The van der Waals surface area contributed by atoms with E-state index in [1.807, 2.05) is 0 Å². The smallest absolute Gasteiger partial charge is 0.416 e. The number of carbonyl (C=O) groups excluding carboxylic acids is 2. The van der Waals surface area contributed by atoms with Gasteiger partial charge in [-0.3, -0.25) is 4.79 Å². The molecule has 0 atom stereocenters. The Morgan fingerprint density at radius 2 is 1.64 bits per heavy atom. The van der Waals surface area contributed by atoms with Crippen LogP contribution in [0.5, 0.6) is 11.5 Å². The molecule has 0 N–H and O–H groups in total. The molecule has 0 bridgehead atoms. The monoisotopic (exact) mass is 769 g/mol. The lowest BCUT2D eigenvalue weighted by Crippen LogP contribution is -2.40. The number of unbranched alkanes of at least 4 members (excludes halogenated alkanes) is 1. The summed E-state index contributed by atoms with van der Waals surface area (Å²) in [5, 5.41) is 9.22. The van der Waals surface area contributed by atoms with E-state index in [-0.39, 0.29) is 69.2 Å². The zero-order valence-electron chi connectivity index (χ0n) is 28.4. The largest absolute Gasteiger partial charge is 0.493 e. The quantitative estimate of drug-likeness (QED) is 0.0269.